The summed E-state index contributed by atoms with van der Waals surface area (Å²) in [6.07, 6.45) is 0.936. The molecule has 0 aromatic carbocycles. The fourth-order valence-corrected chi connectivity index (χ4v) is 2.06. The summed E-state index contributed by atoms with van der Waals surface area (Å²) in [5.74, 6) is 0.901. The van der Waals surface area contributed by atoms with Crippen molar-refractivity contribution in [2.45, 2.75) is 40.7 Å². The first-order valence-corrected chi connectivity index (χ1v) is 7.65. The van der Waals surface area contributed by atoms with Crippen molar-refractivity contribution >= 4 is 29.9 Å². The second-order valence-electron chi connectivity index (χ2n) is 5.42. The molecule has 0 aliphatic rings. The van der Waals surface area contributed by atoms with E-state index in [2.05, 4.69) is 35.3 Å². The first-order chi connectivity index (χ1) is 10.0. The van der Waals surface area contributed by atoms with E-state index in [1.807, 2.05) is 18.5 Å². The van der Waals surface area contributed by atoms with Crippen molar-refractivity contribution in [1.29, 1.82) is 0 Å². The number of rotatable bonds is 9. The van der Waals surface area contributed by atoms with Crippen LogP contribution in [0.1, 0.15) is 31.7 Å². The highest BCUT2D eigenvalue weighted by Gasteiger charge is 2.06. The summed E-state index contributed by atoms with van der Waals surface area (Å²) in [5.41, 5.74) is 8.08. The molecule has 6 nitrogen and oxygen atoms in total. The molecule has 128 valence electrons. The first kappa shape index (κ1) is 21.2. The number of halogens is 1. The zero-order valence-corrected chi connectivity index (χ0v) is 16.5. The van der Waals surface area contributed by atoms with Crippen LogP contribution >= 0.6 is 24.0 Å². The first-order valence-electron chi connectivity index (χ1n) is 7.65. The summed E-state index contributed by atoms with van der Waals surface area (Å²) >= 11 is 0. The van der Waals surface area contributed by atoms with Crippen molar-refractivity contribution in [3.63, 3.8) is 0 Å². The quantitative estimate of drug-likeness (QED) is 0.276. The minimum atomic E-state index is 0. The lowest BCUT2D eigenvalue weighted by Crippen LogP contribution is -2.33. The number of nitrogens with two attached hydrogens (primary N) is 1. The SMILES string of the molecule is CCOCCCNC(N)=NCC(C)Cn1nc(C)cc1C.I. The molecule has 0 amide bonds. The van der Waals surface area contributed by atoms with Gasteiger partial charge in [-0.15, -0.1) is 24.0 Å². The van der Waals surface area contributed by atoms with Crippen LogP contribution < -0.4 is 11.1 Å². The number of hydrogen-bond donors (Lipinski definition) is 2. The molecule has 1 aromatic rings. The average Bonchev–Trinajstić information content (AvgIpc) is 2.74. The highest BCUT2D eigenvalue weighted by atomic mass is 127. The lowest BCUT2D eigenvalue weighted by atomic mass is 10.2. The van der Waals surface area contributed by atoms with Crippen molar-refractivity contribution in [2.75, 3.05) is 26.3 Å². The lowest BCUT2D eigenvalue weighted by Gasteiger charge is -2.11. The molecule has 1 atom stereocenters. The van der Waals surface area contributed by atoms with Gasteiger partial charge >= 0.3 is 0 Å². The van der Waals surface area contributed by atoms with Gasteiger partial charge in [0.25, 0.3) is 0 Å². The molecular weight excluding hydrogens is 393 g/mol. The van der Waals surface area contributed by atoms with E-state index in [4.69, 9.17) is 10.5 Å². The van der Waals surface area contributed by atoms with Gasteiger partial charge in [0, 0.05) is 38.5 Å². The maximum Gasteiger partial charge on any atom is 0.188 e. The number of nitrogens with one attached hydrogen (secondary N) is 1. The molecule has 0 saturated carbocycles. The van der Waals surface area contributed by atoms with Crippen LogP contribution in [0, 0.1) is 19.8 Å². The van der Waals surface area contributed by atoms with Crippen molar-refractivity contribution < 1.29 is 4.74 Å². The van der Waals surface area contributed by atoms with Gasteiger partial charge in [0.1, 0.15) is 0 Å². The number of ether oxygens (including phenoxy) is 1. The second kappa shape index (κ2) is 11.7. The van der Waals surface area contributed by atoms with Crippen molar-refractivity contribution in [2.24, 2.45) is 16.6 Å². The molecule has 22 heavy (non-hydrogen) atoms. The van der Waals surface area contributed by atoms with Gasteiger partial charge in [-0.2, -0.15) is 5.10 Å². The third-order valence-corrected chi connectivity index (χ3v) is 3.14. The number of aliphatic imine (C=N–C) groups is 1. The average molecular weight is 423 g/mol. The normalized spacial score (nSPS) is 12.8. The van der Waals surface area contributed by atoms with E-state index in [-0.39, 0.29) is 24.0 Å². The molecule has 0 aliphatic heterocycles. The van der Waals surface area contributed by atoms with Crippen LogP contribution in [0.2, 0.25) is 0 Å². The van der Waals surface area contributed by atoms with Crippen LogP contribution in [-0.2, 0) is 11.3 Å². The number of aromatic nitrogens is 2. The summed E-state index contributed by atoms with van der Waals surface area (Å²) in [6, 6.07) is 2.09. The van der Waals surface area contributed by atoms with Crippen LogP contribution in [-0.4, -0.2) is 42.0 Å². The van der Waals surface area contributed by atoms with Gasteiger partial charge in [0.15, 0.2) is 5.96 Å². The Morgan fingerprint density at radius 2 is 2.23 bits per heavy atom. The monoisotopic (exact) mass is 423 g/mol. The van der Waals surface area contributed by atoms with Gasteiger partial charge in [0.05, 0.1) is 5.69 Å². The fourth-order valence-electron chi connectivity index (χ4n) is 2.06. The molecule has 1 unspecified atom stereocenters. The van der Waals surface area contributed by atoms with Gasteiger partial charge in [0.2, 0.25) is 0 Å². The zero-order chi connectivity index (χ0) is 15.7. The Labute approximate surface area is 150 Å². The van der Waals surface area contributed by atoms with Crippen molar-refractivity contribution in [1.82, 2.24) is 15.1 Å². The van der Waals surface area contributed by atoms with Gasteiger partial charge in [-0.25, -0.2) is 0 Å². The van der Waals surface area contributed by atoms with Gasteiger partial charge in [-0.1, -0.05) is 6.92 Å². The predicted octanol–water partition coefficient (Wildman–Crippen LogP) is 2.08. The van der Waals surface area contributed by atoms with Crippen LogP contribution in [0.4, 0.5) is 0 Å². The number of nitrogens with zero attached hydrogens (tertiary/aromatic N) is 3. The highest BCUT2D eigenvalue weighted by Crippen LogP contribution is 2.06. The standard InChI is InChI=1S/C15H29N5O.HI/c1-5-21-8-6-7-17-15(16)18-10-12(2)11-20-14(4)9-13(3)19-20;/h9,12H,5-8,10-11H2,1-4H3,(H3,16,17,18);1H. The summed E-state index contributed by atoms with van der Waals surface area (Å²) in [4.78, 5) is 4.38. The van der Waals surface area contributed by atoms with Gasteiger partial charge < -0.3 is 15.8 Å². The molecule has 1 aromatic heterocycles. The third kappa shape index (κ3) is 8.57. The minimum absolute atomic E-state index is 0. The maximum absolute atomic E-state index is 5.84. The van der Waals surface area contributed by atoms with Gasteiger partial charge in [-0.3, -0.25) is 9.67 Å². The Bertz CT molecular complexity index is 447. The highest BCUT2D eigenvalue weighted by molar-refractivity contribution is 14.0. The van der Waals surface area contributed by atoms with E-state index in [9.17, 15) is 0 Å². The molecule has 1 heterocycles. The summed E-state index contributed by atoms with van der Waals surface area (Å²) in [6.45, 7) is 12.1. The van der Waals surface area contributed by atoms with Crippen molar-refractivity contribution in [3.8, 4) is 0 Å². The predicted molar refractivity (Wildman–Crippen MR) is 102 cm³/mol. The molecule has 0 bridgehead atoms. The maximum atomic E-state index is 5.84. The molecule has 1 rings (SSSR count). The lowest BCUT2D eigenvalue weighted by molar-refractivity contribution is 0.145. The topological polar surface area (TPSA) is 77.5 Å². The summed E-state index contributed by atoms with van der Waals surface area (Å²) < 4.78 is 7.29. The molecule has 7 heteroatoms. The van der Waals surface area contributed by atoms with E-state index < -0.39 is 0 Å². The molecular formula is C15H30IN5O. The molecule has 0 spiro atoms. The van der Waals surface area contributed by atoms with E-state index in [1.165, 1.54) is 5.69 Å². The zero-order valence-electron chi connectivity index (χ0n) is 14.1. The molecule has 0 fully saturated rings. The molecule has 0 radical (unpaired) electrons. The van der Waals surface area contributed by atoms with E-state index in [0.29, 0.717) is 18.4 Å². The molecule has 0 aliphatic carbocycles. The molecule has 0 saturated heterocycles. The third-order valence-electron chi connectivity index (χ3n) is 3.14. The Balaban J connectivity index is 0.00000441. The van der Waals surface area contributed by atoms with Gasteiger partial charge in [-0.05, 0) is 39.2 Å². The number of guanidine groups is 1. The number of hydrogen-bond acceptors (Lipinski definition) is 3. The Morgan fingerprint density at radius 1 is 1.50 bits per heavy atom. The van der Waals surface area contributed by atoms with E-state index in [1.54, 1.807) is 0 Å². The van der Waals surface area contributed by atoms with E-state index in [0.717, 1.165) is 38.4 Å². The van der Waals surface area contributed by atoms with Crippen LogP contribution in [0.3, 0.4) is 0 Å². The van der Waals surface area contributed by atoms with Crippen LogP contribution in [0.5, 0.6) is 0 Å². The fraction of sp³-hybridized carbons (Fsp3) is 0.733. The summed E-state index contributed by atoms with van der Waals surface area (Å²) in [7, 11) is 0. The second-order valence-corrected chi connectivity index (χ2v) is 5.42. The smallest absolute Gasteiger partial charge is 0.188 e. The Hall–Kier alpha value is -0.830. The minimum Gasteiger partial charge on any atom is -0.382 e. The van der Waals surface area contributed by atoms with E-state index >= 15 is 0 Å². The Kier molecular flexibility index (Phi) is 11.3. The van der Waals surface area contributed by atoms with Crippen LogP contribution in [0.25, 0.3) is 0 Å². The van der Waals surface area contributed by atoms with Crippen LogP contribution in [0.15, 0.2) is 11.1 Å². The largest absolute Gasteiger partial charge is 0.382 e. The van der Waals surface area contributed by atoms with Crippen molar-refractivity contribution in [3.05, 3.63) is 17.5 Å². The molecule has 3 N–H and O–H groups in total. The Morgan fingerprint density at radius 3 is 2.82 bits per heavy atom. The number of aryl methyl sites for hydroxylation is 2. The summed E-state index contributed by atoms with van der Waals surface area (Å²) in [5, 5.41) is 7.56.